The van der Waals surface area contributed by atoms with Gasteiger partial charge >= 0.3 is 7.12 Å². The van der Waals surface area contributed by atoms with Gasteiger partial charge in [0.05, 0.1) is 11.2 Å². The van der Waals surface area contributed by atoms with E-state index in [1.165, 1.54) is 83.5 Å². The third-order valence-corrected chi connectivity index (χ3v) is 22.2. The molecule has 3 heterocycles. The summed E-state index contributed by atoms with van der Waals surface area (Å²) < 4.78 is 13.1. The Morgan fingerprint density at radius 3 is 0.649 bits per heavy atom. The SMILES string of the molecule is CC(C)(C)c1cc(-c2cc(-c3nc(-c4ccccc4)nc(-c4ccccc4)n3)cc(C(C)(C)C)c2)cc(-c2cc(C(C)(C)C)cc(C(C)(C)C)c2)c1.CC(C)(C)c1cc(B2OC(C)(C)C(C)(C)O2)cc(-c2cc(-c3cc(C(C)(C)C)cc(C(C)(C)C)c3)cc(C(C)(C)C)c2)c1.Clc1nc(-c2ccccc2)nc(-c2ccccc2)n1. The van der Waals surface area contributed by atoms with E-state index in [0.29, 0.717) is 29.1 Å². The second-order valence-corrected chi connectivity index (χ2v) is 40.8. The second kappa shape index (κ2) is 32.3. The van der Waals surface area contributed by atoms with Crippen LogP contribution in [0.4, 0.5) is 0 Å². The van der Waals surface area contributed by atoms with Crippen molar-refractivity contribution in [2.45, 2.75) is 248 Å². The zero-order valence-electron chi connectivity index (χ0n) is 73.4. The van der Waals surface area contributed by atoms with Crippen LogP contribution < -0.4 is 5.46 Å². The third-order valence-electron chi connectivity index (χ3n) is 22.0. The molecular formula is C104H122BClN6O2. The first-order valence-corrected chi connectivity index (χ1v) is 41.0. The fourth-order valence-electron chi connectivity index (χ4n) is 13.6. The molecule has 1 fully saturated rings. The maximum absolute atomic E-state index is 6.55. The summed E-state index contributed by atoms with van der Waals surface area (Å²) in [5.74, 6) is 3.16. The minimum atomic E-state index is -0.408. The Morgan fingerprint density at radius 2 is 0.404 bits per heavy atom. The highest BCUT2D eigenvalue weighted by molar-refractivity contribution is 6.62. The Morgan fingerprint density at radius 1 is 0.219 bits per heavy atom. The zero-order chi connectivity index (χ0) is 83.3. The van der Waals surface area contributed by atoms with Gasteiger partial charge in [0.15, 0.2) is 29.1 Å². The van der Waals surface area contributed by atoms with Crippen molar-refractivity contribution in [2.75, 3.05) is 0 Å². The van der Waals surface area contributed by atoms with Crippen LogP contribution in [0.1, 0.15) is 238 Å². The molecule has 1 aliphatic heterocycles. The molecule has 0 aliphatic carbocycles. The number of rotatable bonds is 10. The Labute approximate surface area is 689 Å². The molecule has 2 aromatic heterocycles. The number of hydrogen-bond donors (Lipinski definition) is 0. The fraction of sp³-hybridized carbons (Fsp3) is 0.365. The van der Waals surface area contributed by atoms with Crippen LogP contribution in [0.25, 0.3) is 101 Å². The molecule has 1 aliphatic rings. The normalized spacial score (nSPS) is 14.1. The molecule has 13 rings (SSSR count). The summed E-state index contributed by atoms with van der Waals surface area (Å²) >= 11 is 5.99. The lowest BCUT2D eigenvalue weighted by molar-refractivity contribution is 0.00578. The van der Waals surface area contributed by atoms with Crippen molar-refractivity contribution < 1.29 is 9.31 Å². The first-order chi connectivity index (χ1) is 52.9. The van der Waals surface area contributed by atoms with Gasteiger partial charge in [-0.3, -0.25) is 0 Å². The van der Waals surface area contributed by atoms with E-state index >= 15 is 0 Å². The summed E-state index contributed by atoms with van der Waals surface area (Å²) in [4.78, 5) is 28.0. The van der Waals surface area contributed by atoms with Crippen molar-refractivity contribution in [2.24, 2.45) is 0 Å². The van der Waals surface area contributed by atoms with Crippen molar-refractivity contribution >= 4 is 24.2 Å². The van der Waals surface area contributed by atoms with Crippen LogP contribution in [0, 0.1) is 0 Å². The van der Waals surface area contributed by atoms with E-state index in [2.05, 4.69) is 342 Å². The van der Waals surface area contributed by atoms with Crippen molar-refractivity contribution in [1.82, 2.24) is 29.9 Å². The summed E-state index contributed by atoms with van der Waals surface area (Å²) in [7, 11) is -0.408. The quantitative estimate of drug-likeness (QED) is 0.125. The van der Waals surface area contributed by atoms with Gasteiger partial charge in [0.25, 0.3) is 0 Å². The molecule has 10 aromatic carbocycles. The van der Waals surface area contributed by atoms with Crippen molar-refractivity contribution in [3.63, 3.8) is 0 Å². The zero-order valence-corrected chi connectivity index (χ0v) is 74.2. The van der Waals surface area contributed by atoms with E-state index in [1.54, 1.807) is 0 Å². The van der Waals surface area contributed by atoms with Crippen molar-refractivity contribution in [1.29, 1.82) is 0 Å². The minimum Gasteiger partial charge on any atom is -0.399 e. The molecule has 12 aromatic rings. The van der Waals surface area contributed by atoms with Gasteiger partial charge < -0.3 is 9.31 Å². The van der Waals surface area contributed by atoms with Crippen LogP contribution >= 0.6 is 11.6 Å². The molecule has 0 bridgehead atoms. The van der Waals surface area contributed by atoms with E-state index in [4.69, 9.17) is 35.9 Å². The smallest absolute Gasteiger partial charge is 0.399 e. The molecule has 0 N–H and O–H groups in total. The lowest BCUT2D eigenvalue weighted by atomic mass is 9.73. The van der Waals surface area contributed by atoms with E-state index in [-0.39, 0.29) is 48.6 Å². The monoisotopic (exact) mass is 1530 g/mol. The molecule has 8 nitrogen and oxygen atoms in total. The topological polar surface area (TPSA) is 95.8 Å². The van der Waals surface area contributed by atoms with Gasteiger partial charge in [-0.25, -0.2) is 19.9 Å². The number of aromatic nitrogens is 6. The minimum absolute atomic E-state index is 0.00452. The predicted molar refractivity (Wildman–Crippen MR) is 485 cm³/mol. The number of benzene rings is 10. The molecule has 0 amide bonds. The van der Waals surface area contributed by atoms with E-state index in [0.717, 1.165) is 38.8 Å². The molecule has 0 unspecified atom stereocenters. The maximum atomic E-state index is 6.55. The summed E-state index contributed by atoms with van der Waals surface area (Å²) in [6, 6.07) is 82.4. The third kappa shape index (κ3) is 20.8. The average Bonchev–Trinajstić information content (AvgIpc) is 1.46. The molecule has 590 valence electrons. The number of nitrogens with zero attached hydrogens (tertiary/aromatic N) is 6. The molecule has 0 atom stereocenters. The Kier molecular flexibility index (Phi) is 24.2. The van der Waals surface area contributed by atoms with E-state index < -0.39 is 18.3 Å². The number of halogens is 1. The van der Waals surface area contributed by atoms with Crippen LogP contribution in [0.5, 0.6) is 0 Å². The van der Waals surface area contributed by atoms with Gasteiger partial charge in [-0.15, -0.1) is 0 Å². The molecule has 0 spiro atoms. The highest BCUT2D eigenvalue weighted by Gasteiger charge is 2.52. The van der Waals surface area contributed by atoms with Crippen LogP contribution in [-0.4, -0.2) is 48.2 Å². The van der Waals surface area contributed by atoms with Crippen LogP contribution in [0.2, 0.25) is 5.28 Å². The van der Waals surface area contributed by atoms with Crippen molar-refractivity contribution in [3.8, 4) is 101 Å². The highest BCUT2D eigenvalue weighted by atomic mass is 35.5. The average molecular weight is 1530 g/mol. The maximum Gasteiger partial charge on any atom is 0.494 e. The van der Waals surface area contributed by atoms with Gasteiger partial charge in [0.2, 0.25) is 5.28 Å². The summed E-state index contributed by atoms with van der Waals surface area (Å²) in [5.41, 5.74) is 25.4. The molecule has 10 heteroatoms. The summed E-state index contributed by atoms with van der Waals surface area (Å²) in [6.07, 6.45) is 0. The Hall–Kier alpha value is -9.51. The van der Waals surface area contributed by atoms with Gasteiger partial charge in [-0.2, -0.15) is 9.97 Å². The van der Waals surface area contributed by atoms with E-state index in [9.17, 15) is 0 Å². The van der Waals surface area contributed by atoms with Crippen molar-refractivity contribution in [3.05, 3.63) is 280 Å². The molecule has 114 heavy (non-hydrogen) atoms. The molecule has 0 saturated carbocycles. The predicted octanol–water partition coefficient (Wildman–Crippen LogP) is 27.8. The Balaban J connectivity index is 0.000000185. The fourth-order valence-corrected chi connectivity index (χ4v) is 13.7. The lowest BCUT2D eigenvalue weighted by Crippen LogP contribution is -2.41. The highest BCUT2D eigenvalue weighted by Crippen LogP contribution is 2.44. The molecular weight excluding hydrogens is 1410 g/mol. The first-order valence-electron chi connectivity index (χ1n) is 40.6. The summed E-state index contributed by atoms with van der Waals surface area (Å²) in [5, 5.41) is 0.202. The van der Waals surface area contributed by atoms with Crippen LogP contribution in [0.15, 0.2) is 231 Å². The van der Waals surface area contributed by atoms with Gasteiger partial charge in [0.1, 0.15) is 0 Å². The lowest BCUT2D eigenvalue weighted by Gasteiger charge is -2.32. The summed E-state index contributed by atoms with van der Waals surface area (Å²) in [6.45, 7) is 63.7. The van der Waals surface area contributed by atoms with E-state index in [1.807, 2.05) is 97.1 Å². The van der Waals surface area contributed by atoms with Gasteiger partial charge in [-0.05, 0) is 201 Å². The first kappa shape index (κ1) is 85.4. The molecule has 0 radical (unpaired) electrons. The number of hydrogen-bond acceptors (Lipinski definition) is 8. The molecule has 1 saturated heterocycles. The van der Waals surface area contributed by atoms with Gasteiger partial charge in [-0.1, -0.05) is 372 Å². The largest absolute Gasteiger partial charge is 0.494 e. The second-order valence-electron chi connectivity index (χ2n) is 40.4. The Bertz CT molecular complexity index is 5210. The van der Waals surface area contributed by atoms with Crippen LogP contribution in [0.3, 0.4) is 0 Å². The van der Waals surface area contributed by atoms with Gasteiger partial charge in [0, 0.05) is 27.8 Å². The standard InChI is InChI=1S/C49H55N3.C40H57BO2.C15H10ClN3/c1-46(2,3)39-25-34(23-35(26-39)37-28-41(48(7,8)9)31-42(29-37)49(10,11)12)36-24-38(30-40(27-36)47(4,5)6)45-51-43(32-19-15-13-16-20-32)50-44(52-45)33-21-17-14-18-22-33;1-35(2,3)30-18-26(28-20-31(36(4,5)6)24-32(21-28)37(7,8)9)17-27(19-30)29-22-33(38(10,11)12)25-34(23-29)41-42-39(13,14)40(15,16)43-41;16-15-18-13(11-7-3-1-4-8-11)17-14(19-15)12-9-5-2-6-10-12/h13-31H,1-12H3;17-25H,1-16H3;1-10H. The van der Waals surface area contributed by atoms with Crippen LogP contribution in [-0.2, 0) is 52.6 Å².